The molecule has 0 aromatic heterocycles. The zero-order valence-corrected chi connectivity index (χ0v) is 15.0. The van der Waals surface area contributed by atoms with Crippen molar-refractivity contribution < 1.29 is 0 Å². The summed E-state index contributed by atoms with van der Waals surface area (Å²) in [7, 11) is 0. The van der Waals surface area contributed by atoms with Crippen LogP contribution in [0.4, 0.5) is 5.69 Å². The molecule has 1 aliphatic carbocycles. The summed E-state index contributed by atoms with van der Waals surface area (Å²) in [6.07, 6.45) is 5.48. The minimum Gasteiger partial charge on any atom is -0.376 e. The fourth-order valence-corrected chi connectivity index (χ4v) is 4.57. The Morgan fingerprint density at radius 1 is 0.913 bits per heavy atom. The van der Waals surface area contributed by atoms with Gasteiger partial charge in [0, 0.05) is 16.0 Å². The van der Waals surface area contributed by atoms with E-state index in [2.05, 4.69) is 23.5 Å². The van der Waals surface area contributed by atoms with Crippen LogP contribution in [-0.4, -0.2) is 0 Å². The minimum absolute atomic E-state index is 0.0724. The Kier molecular flexibility index (Phi) is 4.01. The molecule has 5 heteroatoms. The lowest BCUT2D eigenvalue weighted by atomic mass is 9.77. The quantitative estimate of drug-likeness (QED) is 0.515. The van der Waals surface area contributed by atoms with Crippen LogP contribution in [0.25, 0.3) is 0 Å². The summed E-state index contributed by atoms with van der Waals surface area (Å²) in [6.45, 7) is 0. The first-order valence-electron chi connectivity index (χ1n) is 7.42. The van der Waals surface area contributed by atoms with Gasteiger partial charge in [0.05, 0.1) is 21.8 Å². The average Bonchev–Trinajstić information content (AvgIpc) is 3.00. The van der Waals surface area contributed by atoms with Crippen molar-refractivity contribution in [3.63, 3.8) is 0 Å². The van der Waals surface area contributed by atoms with Gasteiger partial charge in [-0.15, -0.1) is 0 Å². The smallest absolute Gasteiger partial charge is 0.0826 e. The molecular weight excluding hydrogens is 372 g/mol. The van der Waals surface area contributed by atoms with Crippen molar-refractivity contribution in [2.45, 2.75) is 18.4 Å². The van der Waals surface area contributed by atoms with E-state index in [0.717, 1.165) is 17.7 Å². The highest BCUT2D eigenvalue weighted by molar-refractivity contribution is 6.44. The van der Waals surface area contributed by atoms with Crippen molar-refractivity contribution in [2.75, 3.05) is 5.32 Å². The van der Waals surface area contributed by atoms with Gasteiger partial charge in [-0.1, -0.05) is 70.7 Å². The Bertz CT molecular complexity index is 815. The highest BCUT2D eigenvalue weighted by Gasteiger charge is 2.39. The van der Waals surface area contributed by atoms with E-state index in [4.69, 9.17) is 46.4 Å². The molecule has 0 saturated heterocycles. The number of fused-ring (bicyclic) bond motifs is 3. The van der Waals surface area contributed by atoms with Crippen molar-refractivity contribution in [2.24, 2.45) is 5.92 Å². The van der Waals surface area contributed by atoms with E-state index in [0.29, 0.717) is 31.9 Å². The van der Waals surface area contributed by atoms with Gasteiger partial charge in [-0.05, 0) is 41.7 Å². The maximum atomic E-state index is 6.45. The number of allylic oxidation sites excluding steroid dienone is 2. The Morgan fingerprint density at radius 3 is 2.48 bits per heavy atom. The fraction of sp³-hybridized carbons (Fsp3) is 0.222. The molecule has 1 heterocycles. The number of hydrogen-bond acceptors (Lipinski definition) is 1. The predicted molar refractivity (Wildman–Crippen MR) is 99.3 cm³/mol. The summed E-state index contributed by atoms with van der Waals surface area (Å²) in [4.78, 5) is 0. The van der Waals surface area contributed by atoms with E-state index in [1.807, 2.05) is 18.2 Å². The molecular formula is C18H13Cl4N. The topological polar surface area (TPSA) is 12.0 Å². The molecule has 23 heavy (non-hydrogen) atoms. The second-order valence-electron chi connectivity index (χ2n) is 5.97. The molecule has 1 N–H and O–H groups in total. The SMILES string of the molecule is Clc1ccc([C@@H]2Nc3c(ccc(Cl)c3Cl)[C@@H]3C=CC[C@@H]32)c(Cl)c1. The molecule has 2 aliphatic rings. The first-order valence-corrected chi connectivity index (χ1v) is 8.93. The van der Waals surface area contributed by atoms with Crippen LogP contribution in [0, 0.1) is 5.92 Å². The average molecular weight is 385 g/mol. The van der Waals surface area contributed by atoms with Crippen molar-refractivity contribution in [3.8, 4) is 0 Å². The monoisotopic (exact) mass is 383 g/mol. The Balaban J connectivity index is 1.85. The van der Waals surface area contributed by atoms with E-state index < -0.39 is 0 Å². The van der Waals surface area contributed by atoms with Crippen LogP contribution < -0.4 is 5.32 Å². The fourth-order valence-electron chi connectivity index (χ4n) is 3.66. The Labute approximate surface area is 155 Å². The number of hydrogen-bond donors (Lipinski definition) is 1. The third-order valence-corrected chi connectivity index (χ3v) is 6.09. The van der Waals surface area contributed by atoms with Gasteiger partial charge in [-0.2, -0.15) is 0 Å². The first-order chi connectivity index (χ1) is 11.1. The molecule has 3 atom stereocenters. The number of rotatable bonds is 1. The number of anilines is 1. The van der Waals surface area contributed by atoms with Crippen LogP contribution in [0.3, 0.4) is 0 Å². The van der Waals surface area contributed by atoms with Gasteiger partial charge < -0.3 is 5.32 Å². The normalized spacial score (nSPS) is 25.0. The summed E-state index contributed by atoms with van der Waals surface area (Å²) in [6, 6.07) is 9.64. The van der Waals surface area contributed by atoms with E-state index in [1.54, 1.807) is 6.07 Å². The summed E-state index contributed by atoms with van der Waals surface area (Å²) < 4.78 is 0. The second-order valence-corrected chi connectivity index (χ2v) is 7.60. The van der Waals surface area contributed by atoms with E-state index in [-0.39, 0.29) is 6.04 Å². The van der Waals surface area contributed by atoms with E-state index in [9.17, 15) is 0 Å². The molecule has 118 valence electrons. The molecule has 0 saturated carbocycles. The summed E-state index contributed by atoms with van der Waals surface area (Å²) in [5.74, 6) is 0.719. The molecule has 4 rings (SSSR count). The zero-order chi connectivity index (χ0) is 16.1. The van der Waals surface area contributed by atoms with Gasteiger partial charge in [0.2, 0.25) is 0 Å². The van der Waals surface area contributed by atoms with Gasteiger partial charge in [0.25, 0.3) is 0 Å². The largest absolute Gasteiger partial charge is 0.376 e. The molecule has 1 nitrogen and oxygen atoms in total. The third kappa shape index (κ3) is 2.55. The van der Waals surface area contributed by atoms with E-state index in [1.165, 1.54) is 5.56 Å². The number of benzene rings is 2. The van der Waals surface area contributed by atoms with Crippen LogP contribution in [-0.2, 0) is 0 Å². The molecule has 0 spiro atoms. The molecule has 1 aliphatic heterocycles. The highest BCUT2D eigenvalue weighted by Crippen LogP contribution is 2.53. The number of nitrogens with one attached hydrogen (secondary N) is 1. The van der Waals surface area contributed by atoms with E-state index >= 15 is 0 Å². The lowest BCUT2D eigenvalue weighted by Crippen LogP contribution is -2.29. The van der Waals surface area contributed by atoms with Gasteiger partial charge >= 0.3 is 0 Å². The molecule has 0 amide bonds. The van der Waals surface area contributed by atoms with Crippen molar-refractivity contribution in [1.29, 1.82) is 0 Å². The molecule has 0 bridgehead atoms. The first kappa shape index (κ1) is 15.7. The summed E-state index contributed by atoms with van der Waals surface area (Å²) in [5.41, 5.74) is 3.14. The molecule has 2 aromatic rings. The van der Waals surface area contributed by atoms with Gasteiger partial charge in [0.1, 0.15) is 0 Å². The van der Waals surface area contributed by atoms with Gasteiger partial charge in [-0.25, -0.2) is 0 Å². The standard InChI is InChI=1S/C18H13Cl4N/c19-9-4-5-13(15(21)8-9)17-11-3-1-2-10(11)12-6-7-14(20)16(22)18(12)23-17/h1-2,4-8,10-11,17,23H,3H2/t10-,11+,17-/m1/s1. The van der Waals surface area contributed by atoms with Crippen LogP contribution in [0.2, 0.25) is 20.1 Å². The molecule has 2 aromatic carbocycles. The third-order valence-electron chi connectivity index (χ3n) is 4.72. The molecule has 0 fully saturated rings. The maximum Gasteiger partial charge on any atom is 0.0826 e. The lowest BCUT2D eigenvalue weighted by molar-refractivity contribution is 0.426. The molecule has 0 unspecified atom stereocenters. The summed E-state index contributed by atoms with van der Waals surface area (Å²) >= 11 is 25.1. The minimum atomic E-state index is 0.0724. The van der Waals surface area contributed by atoms with Crippen molar-refractivity contribution in [1.82, 2.24) is 0 Å². The van der Waals surface area contributed by atoms with Crippen molar-refractivity contribution >= 4 is 52.1 Å². The predicted octanol–water partition coefficient (Wildman–Crippen LogP) is 7.13. The van der Waals surface area contributed by atoms with Crippen molar-refractivity contribution in [3.05, 3.63) is 73.7 Å². The molecule has 0 radical (unpaired) electrons. The summed E-state index contributed by atoms with van der Waals surface area (Å²) in [5, 5.41) is 6.00. The van der Waals surface area contributed by atoms with Gasteiger partial charge in [-0.3, -0.25) is 0 Å². The number of halogens is 4. The Hall–Kier alpha value is -0.860. The van der Waals surface area contributed by atoms with Crippen LogP contribution in [0.1, 0.15) is 29.5 Å². The van der Waals surface area contributed by atoms with Crippen LogP contribution in [0.5, 0.6) is 0 Å². The van der Waals surface area contributed by atoms with Gasteiger partial charge in [0.15, 0.2) is 0 Å². The van der Waals surface area contributed by atoms with Crippen LogP contribution >= 0.6 is 46.4 Å². The second kappa shape index (κ2) is 5.89. The lowest BCUT2D eigenvalue weighted by Gasteiger charge is -2.38. The maximum absolute atomic E-state index is 6.45. The van der Waals surface area contributed by atoms with Crippen LogP contribution in [0.15, 0.2) is 42.5 Å². The zero-order valence-electron chi connectivity index (χ0n) is 12.0. The highest BCUT2D eigenvalue weighted by atomic mass is 35.5. The Morgan fingerprint density at radius 2 is 1.70 bits per heavy atom.